The van der Waals surface area contributed by atoms with Gasteiger partial charge < -0.3 is 20.1 Å². The normalized spacial score (nSPS) is 10.7. The SMILES string of the molecule is COc1ccc(CCCNCCNCCCc2ccc(OC)cc2)cc1. The summed E-state index contributed by atoms with van der Waals surface area (Å²) in [5.41, 5.74) is 2.73. The highest BCUT2D eigenvalue weighted by Crippen LogP contribution is 2.13. The standard InChI is InChI=1S/C22H32N2O2/c1-25-21-11-7-19(8-12-21)5-3-15-23-17-18-24-16-4-6-20-9-13-22(26-2)14-10-20/h7-14,23-24H,3-6,15-18H2,1-2H3. The van der Waals surface area contributed by atoms with E-state index in [0.717, 1.165) is 63.4 Å². The van der Waals surface area contributed by atoms with Crippen LogP contribution >= 0.6 is 0 Å². The van der Waals surface area contributed by atoms with Gasteiger partial charge in [-0.25, -0.2) is 0 Å². The van der Waals surface area contributed by atoms with Crippen LogP contribution < -0.4 is 20.1 Å². The molecule has 0 spiro atoms. The van der Waals surface area contributed by atoms with E-state index >= 15 is 0 Å². The van der Waals surface area contributed by atoms with Crippen LogP contribution in [-0.4, -0.2) is 40.4 Å². The van der Waals surface area contributed by atoms with Crippen molar-refractivity contribution in [2.45, 2.75) is 25.7 Å². The van der Waals surface area contributed by atoms with Gasteiger partial charge in [0, 0.05) is 13.1 Å². The Kier molecular flexibility index (Phi) is 9.62. The van der Waals surface area contributed by atoms with Gasteiger partial charge in [-0.05, 0) is 74.2 Å². The average Bonchev–Trinajstić information content (AvgIpc) is 2.70. The number of aryl methyl sites for hydroxylation is 2. The lowest BCUT2D eigenvalue weighted by atomic mass is 10.1. The van der Waals surface area contributed by atoms with E-state index in [1.165, 1.54) is 11.1 Å². The molecule has 2 aromatic carbocycles. The van der Waals surface area contributed by atoms with Gasteiger partial charge in [0.15, 0.2) is 0 Å². The summed E-state index contributed by atoms with van der Waals surface area (Å²) in [7, 11) is 3.40. The van der Waals surface area contributed by atoms with Gasteiger partial charge in [-0.15, -0.1) is 0 Å². The summed E-state index contributed by atoms with van der Waals surface area (Å²) in [5.74, 6) is 1.84. The highest BCUT2D eigenvalue weighted by Gasteiger charge is 1.96. The molecule has 2 N–H and O–H groups in total. The Balaban J connectivity index is 1.41. The lowest BCUT2D eigenvalue weighted by molar-refractivity contribution is 0.414. The number of methoxy groups -OCH3 is 2. The molecule has 4 nitrogen and oxygen atoms in total. The van der Waals surface area contributed by atoms with Crippen molar-refractivity contribution in [3.8, 4) is 11.5 Å². The van der Waals surface area contributed by atoms with Crippen molar-refractivity contribution in [2.24, 2.45) is 0 Å². The molecule has 142 valence electrons. The molecule has 2 rings (SSSR count). The minimum atomic E-state index is 0.921. The third kappa shape index (κ3) is 7.89. The number of hydrogen-bond acceptors (Lipinski definition) is 4. The molecule has 0 aliphatic heterocycles. The van der Waals surface area contributed by atoms with Crippen LogP contribution in [0.5, 0.6) is 11.5 Å². The van der Waals surface area contributed by atoms with E-state index in [1.54, 1.807) is 14.2 Å². The maximum absolute atomic E-state index is 5.18. The molecule has 0 saturated heterocycles. The first kappa shape index (κ1) is 20.3. The summed E-state index contributed by atoms with van der Waals surface area (Å²) in [5, 5.41) is 7.00. The van der Waals surface area contributed by atoms with Crippen LogP contribution in [0.4, 0.5) is 0 Å². The summed E-state index contributed by atoms with van der Waals surface area (Å²) in [6.45, 7) is 4.15. The number of benzene rings is 2. The van der Waals surface area contributed by atoms with Crippen LogP contribution in [0.2, 0.25) is 0 Å². The third-order valence-corrected chi connectivity index (χ3v) is 4.43. The van der Waals surface area contributed by atoms with Gasteiger partial charge in [-0.3, -0.25) is 0 Å². The van der Waals surface area contributed by atoms with Crippen LogP contribution in [0.15, 0.2) is 48.5 Å². The highest BCUT2D eigenvalue weighted by molar-refractivity contribution is 5.27. The van der Waals surface area contributed by atoms with Crippen LogP contribution in [0, 0.1) is 0 Å². The van der Waals surface area contributed by atoms with E-state index in [0.29, 0.717) is 0 Å². The lowest BCUT2D eigenvalue weighted by Crippen LogP contribution is -2.28. The fourth-order valence-corrected chi connectivity index (χ4v) is 2.85. The monoisotopic (exact) mass is 356 g/mol. The van der Waals surface area contributed by atoms with Crippen LogP contribution in [0.3, 0.4) is 0 Å². The Bertz CT molecular complexity index is 541. The molecule has 0 bridgehead atoms. The molecule has 4 heteroatoms. The Morgan fingerprint density at radius 2 is 0.962 bits per heavy atom. The molecule has 0 saturated carbocycles. The van der Waals surface area contributed by atoms with E-state index in [1.807, 2.05) is 24.3 Å². The van der Waals surface area contributed by atoms with Crippen molar-refractivity contribution in [2.75, 3.05) is 40.4 Å². The summed E-state index contributed by atoms with van der Waals surface area (Å²) in [6, 6.07) is 16.7. The molecule has 2 aromatic rings. The second-order valence-electron chi connectivity index (χ2n) is 6.40. The predicted molar refractivity (Wildman–Crippen MR) is 108 cm³/mol. The molecule has 0 radical (unpaired) electrons. The van der Waals surface area contributed by atoms with Crippen LogP contribution in [0.1, 0.15) is 24.0 Å². The average molecular weight is 357 g/mol. The first-order chi connectivity index (χ1) is 12.8. The first-order valence-corrected chi connectivity index (χ1v) is 9.49. The van der Waals surface area contributed by atoms with Crippen LogP contribution in [0.25, 0.3) is 0 Å². The smallest absolute Gasteiger partial charge is 0.118 e. The Morgan fingerprint density at radius 3 is 1.31 bits per heavy atom. The first-order valence-electron chi connectivity index (χ1n) is 9.49. The Labute approximate surface area is 157 Å². The topological polar surface area (TPSA) is 42.5 Å². The van der Waals surface area contributed by atoms with Crippen molar-refractivity contribution in [1.82, 2.24) is 10.6 Å². The van der Waals surface area contributed by atoms with Crippen LogP contribution in [-0.2, 0) is 12.8 Å². The maximum Gasteiger partial charge on any atom is 0.118 e. The minimum absolute atomic E-state index is 0.921. The second-order valence-corrected chi connectivity index (χ2v) is 6.40. The molecule has 0 atom stereocenters. The molecule has 0 heterocycles. The summed E-state index contributed by atoms with van der Waals surface area (Å²) < 4.78 is 10.4. The molecule has 0 unspecified atom stereocenters. The van der Waals surface area contributed by atoms with Crippen molar-refractivity contribution < 1.29 is 9.47 Å². The van der Waals surface area contributed by atoms with Gasteiger partial charge in [-0.2, -0.15) is 0 Å². The Hall–Kier alpha value is -2.04. The van der Waals surface area contributed by atoms with Gasteiger partial charge in [0.1, 0.15) is 11.5 Å². The maximum atomic E-state index is 5.18. The van der Waals surface area contributed by atoms with Gasteiger partial charge in [0.05, 0.1) is 14.2 Å². The number of rotatable bonds is 13. The van der Waals surface area contributed by atoms with Crippen molar-refractivity contribution in [3.63, 3.8) is 0 Å². The van der Waals surface area contributed by atoms with E-state index < -0.39 is 0 Å². The molecule has 0 aromatic heterocycles. The zero-order chi connectivity index (χ0) is 18.5. The van der Waals surface area contributed by atoms with Gasteiger partial charge in [0.25, 0.3) is 0 Å². The molecule has 26 heavy (non-hydrogen) atoms. The fourth-order valence-electron chi connectivity index (χ4n) is 2.85. The highest BCUT2D eigenvalue weighted by atomic mass is 16.5. The van der Waals surface area contributed by atoms with Gasteiger partial charge in [0.2, 0.25) is 0 Å². The van der Waals surface area contributed by atoms with E-state index in [-0.39, 0.29) is 0 Å². The van der Waals surface area contributed by atoms with Crippen molar-refractivity contribution in [3.05, 3.63) is 59.7 Å². The minimum Gasteiger partial charge on any atom is -0.497 e. The molecule has 0 amide bonds. The summed E-state index contributed by atoms with van der Waals surface area (Å²) >= 11 is 0. The molecular formula is C22H32N2O2. The van der Waals surface area contributed by atoms with E-state index in [2.05, 4.69) is 34.9 Å². The summed E-state index contributed by atoms with van der Waals surface area (Å²) in [6.07, 6.45) is 4.52. The van der Waals surface area contributed by atoms with Crippen molar-refractivity contribution in [1.29, 1.82) is 0 Å². The quantitative estimate of drug-likeness (QED) is 0.540. The second kappa shape index (κ2) is 12.3. The number of ether oxygens (including phenoxy) is 2. The third-order valence-electron chi connectivity index (χ3n) is 4.43. The number of nitrogens with one attached hydrogen (secondary N) is 2. The summed E-state index contributed by atoms with van der Waals surface area (Å²) in [4.78, 5) is 0. The van der Waals surface area contributed by atoms with Crippen molar-refractivity contribution >= 4 is 0 Å². The van der Waals surface area contributed by atoms with Gasteiger partial charge >= 0.3 is 0 Å². The molecular weight excluding hydrogens is 324 g/mol. The Morgan fingerprint density at radius 1 is 0.577 bits per heavy atom. The molecule has 0 aliphatic rings. The molecule has 0 fully saturated rings. The zero-order valence-corrected chi connectivity index (χ0v) is 16.1. The van der Waals surface area contributed by atoms with Gasteiger partial charge in [-0.1, -0.05) is 24.3 Å². The largest absolute Gasteiger partial charge is 0.497 e. The number of hydrogen-bond donors (Lipinski definition) is 2. The lowest BCUT2D eigenvalue weighted by Gasteiger charge is -2.08. The fraction of sp³-hybridized carbons (Fsp3) is 0.455. The van der Waals surface area contributed by atoms with E-state index in [9.17, 15) is 0 Å². The molecule has 0 aliphatic carbocycles. The zero-order valence-electron chi connectivity index (χ0n) is 16.1. The van der Waals surface area contributed by atoms with E-state index in [4.69, 9.17) is 9.47 Å². The predicted octanol–water partition coefficient (Wildman–Crippen LogP) is 3.45.